The maximum absolute atomic E-state index is 12.8. The summed E-state index contributed by atoms with van der Waals surface area (Å²) in [5, 5.41) is 3.56. The Morgan fingerprint density at radius 2 is 0.938 bits per heavy atom. The summed E-state index contributed by atoms with van der Waals surface area (Å²) in [6, 6.07) is 22.9. The van der Waals surface area contributed by atoms with Crippen LogP contribution in [0.5, 0.6) is 11.5 Å². The number of carbonyl (C=O) groups is 4. The van der Waals surface area contributed by atoms with Crippen molar-refractivity contribution in [1.82, 2.24) is 0 Å². The van der Waals surface area contributed by atoms with E-state index >= 15 is 0 Å². The molecule has 0 fully saturated rings. The predicted molar refractivity (Wildman–Crippen MR) is 188 cm³/mol. The van der Waals surface area contributed by atoms with Gasteiger partial charge in [0, 0.05) is 11.1 Å². The molecule has 0 saturated carbocycles. The van der Waals surface area contributed by atoms with E-state index in [0.717, 1.165) is 21.5 Å². The molecule has 0 saturated heterocycles. The summed E-state index contributed by atoms with van der Waals surface area (Å²) in [6.07, 6.45) is 3.64. The first-order chi connectivity index (χ1) is 23.0. The van der Waals surface area contributed by atoms with Crippen molar-refractivity contribution < 1.29 is 38.1 Å². The fourth-order valence-corrected chi connectivity index (χ4v) is 5.12. The van der Waals surface area contributed by atoms with E-state index in [0.29, 0.717) is 48.7 Å². The van der Waals surface area contributed by atoms with Gasteiger partial charge in [-0.1, -0.05) is 60.7 Å². The van der Waals surface area contributed by atoms with Crippen LogP contribution < -0.4 is 9.47 Å². The van der Waals surface area contributed by atoms with Gasteiger partial charge in [0.1, 0.15) is 22.6 Å². The van der Waals surface area contributed by atoms with E-state index in [1.807, 2.05) is 72.8 Å². The molecule has 4 rings (SSSR count). The number of carbonyl (C=O) groups excluding carboxylic acids is 4. The normalized spacial score (nSPS) is 12.0. The fraction of sp³-hybridized carbons (Fsp3) is 0.300. The van der Waals surface area contributed by atoms with E-state index in [4.69, 9.17) is 18.9 Å². The topological polar surface area (TPSA) is 105 Å². The summed E-state index contributed by atoms with van der Waals surface area (Å²) in [5.41, 5.74) is 1.15. The van der Waals surface area contributed by atoms with Crippen LogP contribution in [0.1, 0.15) is 65.5 Å². The minimum absolute atomic E-state index is 0.0519. The lowest BCUT2D eigenvalue weighted by atomic mass is 10.00. The molecule has 0 heterocycles. The second kappa shape index (κ2) is 16.5. The number of fused-ring (bicyclic) bond motifs is 2. The smallest absolute Gasteiger partial charge is 0.342 e. The van der Waals surface area contributed by atoms with Gasteiger partial charge in [-0.15, -0.1) is 0 Å². The van der Waals surface area contributed by atoms with Crippen molar-refractivity contribution >= 4 is 57.2 Å². The van der Waals surface area contributed by atoms with Crippen LogP contribution in [0.2, 0.25) is 0 Å². The van der Waals surface area contributed by atoms with Gasteiger partial charge in [-0.3, -0.25) is 9.59 Å². The molecule has 0 N–H and O–H groups in total. The van der Waals surface area contributed by atoms with Crippen LogP contribution in [-0.2, 0) is 28.7 Å². The second-order valence-corrected chi connectivity index (χ2v) is 11.9. The maximum atomic E-state index is 12.8. The van der Waals surface area contributed by atoms with Gasteiger partial charge >= 0.3 is 11.9 Å². The third kappa shape index (κ3) is 9.18. The zero-order chi connectivity index (χ0) is 34.8. The van der Waals surface area contributed by atoms with Gasteiger partial charge in [-0.2, -0.15) is 0 Å². The van der Waals surface area contributed by atoms with Crippen molar-refractivity contribution in [3.63, 3.8) is 0 Å². The highest BCUT2D eigenvalue weighted by Crippen LogP contribution is 2.32. The largest absolute Gasteiger partial charge is 0.493 e. The molecule has 4 aromatic rings. The van der Waals surface area contributed by atoms with Gasteiger partial charge in [-0.05, 0) is 100 Å². The first-order valence-corrected chi connectivity index (χ1v) is 16.1. The third-order valence-corrected chi connectivity index (χ3v) is 7.38. The summed E-state index contributed by atoms with van der Waals surface area (Å²) >= 11 is 0. The number of unbranched alkanes of at least 4 members (excludes halogenated alkanes) is 1. The molecular weight excluding hydrogens is 608 g/mol. The average Bonchev–Trinajstić information content (AvgIpc) is 3.03. The molecule has 250 valence electrons. The van der Waals surface area contributed by atoms with Crippen LogP contribution in [0.15, 0.2) is 83.9 Å². The second-order valence-electron chi connectivity index (χ2n) is 11.9. The Kier molecular flexibility index (Phi) is 12.3. The molecule has 0 amide bonds. The molecular formula is C40H42O8. The van der Waals surface area contributed by atoms with E-state index in [-0.39, 0.29) is 23.4 Å². The van der Waals surface area contributed by atoms with Crippen molar-refractivity contribution in [2.75, 3.05) is 13.2 Å². The standard InChI is InChI=1S/C40H42O8/c1-25(2)47-39(43)33(27(5)41)23-35-31-15-9-7-13-29(31)17-19-37(35)45-21-11-12-22-46-38-20-18-30-14-8-10-16-32(30)36(38)24-34(28(6)42)40(44)48-26(3)4/h7-10,13-20,23-26H,11-12,21-22H2,1-6H3/b33-23-,34-24-. The van der Waals surface area contributed by atoms with Crippen molar-refractivity contribution in [3.05, 3.63) is 95.1 Å². The van der Waals surface area contributed by atoms with Crippen LogP contribution in [-0.4, -0.2) is 48.9 Å². The Morgan fingerprint density at radius 1 is 0.562 bits per heavy atom. The maximum Gasteiger partial charge on any atom is 0.342 e. The summed E-state index contributed by atoms with van der Waals surface area (Å²) < 4.78 is 23.0. The number of hydrogen-bond donors (Lipinski definition) is 0. The van der Waals surface area contributed by atoms with Crippen molar-refractivity contribution in [1.29, 1.82) is 0 Å². The first-order valence-electron chi connectivity index (χ1n) is 16.1. The lowest BCUT2D eigenvalue weighted by Gasteiger charge is -2.15. The molecule has 0 atom stereocenters. The molecule has 8 nitrogen and oxygen atoms in total. The Balaban J connectivity index is 1.51. The molecule has 0 radical (unpaired) electrons. The first kappa shape index (κ1) is 35.6. The highest BCUT2D eigenvalue weighted by molar-refractivity contribution is 6.21. The Labute approximate surface area is 281 Å². The molecule has 8 heteroatoms. The van der Waals surface area contributed by atoms with E-state index in [1.165, 1.54) is 13.8 Å². The minimum atomic E-state index is -0.677. The summed E-state index contributed by atoms with van der Waals surface area (Å²) in [4.78, 5) is 50.4. The SMILES string of the molecule is CC(=O)/C(=C/c1c(OCCCCOc2ccc3ccccc3c2/C=C(/C(C)=O)C(=O)OC(C)C)ccc2ccccc12)C(=O)OC(C)C. The van der Waals surface area contributed by atoms with Crippen molar-refractivity contribution in [2.24, 2.45) is 0 Å². The molecule has 4 aromatic carbocycles. The lowest BCUT2D eigenvalue weighted by molar-refractivity contribution is -0.145. The number of ketones is 2. The molecule has 0 bridgehead atoms. The van der Waals surface area contributed by atoms with Crippen molar-refractivity contribution in [3.8, 4) is 11.5 Å². The molecule has 0 aliphatic heterocycles. The molecule has 0 spiro atoms. The van der Waals surface area contributed by atoms with Gasteiger partial charge in [0.25, 0.3) is 0 Å². The monoisotopic (exact) mass is 650 g/mol. The summed E-state index contributed by atoms with van der Waals surface area (Å²) in [5.74, 6) is -1.07. The van der Waals surface area contributed by atoms with Gasteiger partial charge in [0.2, 0.25) is 0 Å². The quantitative estimate of drug-likeness (QED) is 0.0418. The lowest BCUT2D eigenvalue weighted by Crippen LogP contribution is -2.17. The predicted octanol–water partition coefficient (Wildman–Crippen LogP) is 8.08. The molecule has 0 aromatic heterocycles. The Morgan fingerprint density at radius 3 is 1.29 bits per heavy atom. The van der Waals surface area contributed by atoms with Gasteiger partial charge in [0.15, 0.2) is 11.6 Å². The zero-order valence-corrected chi connectivity index (χ0v) is 28.3. The minimum Gasteiger partial charge on any atom is -0.493 e. The van der Waals surface area contributed by atoms with Gasteiger partial charge in [-0.25, -0.2) is 9.59 Å². The third-order valence-electron chi connectivity index (χ3n) is 7.38. The molecule has 0 aliphatic carbocycles. The molecule has 0 unspecified atom stereocenters. The fourth-order valence-electron chi connectivity index (χ4n) is 5.12. The Hall–Kier alpha value is -5.24. The van der Waals surface area contributed by atoms with Crippen LogP contribution >= 0.6 is 0 Å². The highest BCUT2D eigenvalue weighted by Gasteiger charge is 2.21. The van der Waals surface area contributed by atoms with E-state index in [2.05, 4.69) is 0 Å². The number of esters is 2. The highest BCUT2D eigenvalue weighted by atomic mass is 16.5. The van der Waals surface area contributed by atoms with E-state index in [9.17, 15) is 19.2 Å². The average molecular weight is 651 g/mol. The molecule has 0 aliphatic rings. The Bertz CT molecular complexity index is 1740. The van der Waals surface area contributed by atoms with E-state index < -0.39 is 23.5 Å². The number of rotatable bonds is 15. The van der Waals surface area contributed by atoms with Crippen LogP contribution in [0, 0.1) is 0 Å². The van der Waals surface area contributed by atoms with Crippen LogP contribution in [0.4, 0.5) is 0 Å². The van der Waals surface area contributed by atoms with Gasteiger partial charge in [0.05, 0.1) is 25.4 Å². The summed E-state index contributed by atoms with van der Waals surface area (Å²) in [7, 11) is 0. The summed E-state index contributed by atoms with van der Waals surface area (Å²) in [6.45, 7) is 10.3. The zero-order valence-electron chi connectivity index (χ0n) is 28.3. The van der Waals surface area contributed by atoms with Crippen LogP contribution in [0.25, 0.3) is 33.7 Å². The number of ether oxygens (including phenoxy) is 4. The van der Waals surface area contributed by atoms with Gasteiger partial charge < -0.3 is 18.9 Å². The number of benzene rings is 4. The van der Waals surface area contributed by atoms with Crippen LogP contribution in [0.3, 0.4) is 0 Å². The van der Waals surface area contributed by atoms with E-state index in [1.54, 1.807) is 39.8 Å². The molecule has 48 heavy (non-hydrogen) atoms. The number of hydrogen-bond acceptors (Lipinski definition) is 8. The van der Waals surface area contributed by atoms with Crippen molar-refractivity contribution in [2.45, 2.75) is 66.6 Å². The number of Topliss-reactive ketones (excluding diaryl/α,β-unsaturated/α-hetero) is 2.